The van der Waals surface area contributed by atoms with Crippen molar-refractivity contribution in [3.05, 3.63) is 107 Å². The molecule has 0 spiro atoms. The monoisotopic (exact) mass is 411 g/mol. The molecule has 0 saturated heterocycles. The number of hydrogen-bond acceptors (Lipinski definition) is 4. The van der Waals surface area contributed by atoms with Crippen molar-refractivity contribution >= 4 is 17.6 Å². The first-order valence-corrected chi connectivity index (χ1v) is 9.77. The molecule has 6 nitrogen and oxygen atoms in total. The van der Waals surface area contributed by atoms with Crippen molar-refractivity contribution < 1.29 is 14.4 Å². The van der Waals surface area contributed by atoms with E-state index in [1.165, 1.54) is 0 Å². The summed E-state index contributed by atoms with van der Waals surface area (Å²) in [4.78, 5) is 37.6. The minimum absolute atomic E-state index is 0.0525. The molecule has 0 radical (unpaired) electrons. The van der Waals surface area contributed by atoms with E-state index in [-0.39, 0.29) is 30.7 Å². The average molecular weight is 411 g/mol. The van der Waals surface area contributed by atoms with Gasteiger partial charge >= 0.3 is 0 Å². The van der Waals surface area contributed by atoms with Crippen molar-refractivity contribution in [1.29, 1.82) is 5.26 Å². The van der Waals surface area contributed by atoms with E-state index in [9.17, 15) is 14.4 Å². The van der Waals surface area contributed by atoms with Crippen LogP contribution in [0.5, 0.6) is 0 Å². The van der Waals surface area contributed by atoms with Gasteiger partial charge in [0.2, 0.25) is 5.91 Å². The number of nitrogens with zero attached hydrogens (tertiary/aromatic N) is 1. The highest BCUT2D eigenvalue weighted by molar-refractivity contribution is 6.09. The lowest BCUT2D eigenvalue weighted by molar-refractivity contribution is -0.122. The van der Waals surface area contributed by atoms with Crippen LogP contribution in [0.4, 0.5) is 0 Å². The van der Waals surface area contributed by atoms with Crippen LogP contribution in [0.3, 0.4) is 0 Å². The van der Waals surface area contributed by atoms with Crippen LogP contribution < -0.4 is 10.6 Å². The Morgan fingerprint density at radius 2 is 1.29 bits per heavy atom. The number of benzene rings is 3. The van der Waals surface area contributed by atoms with Gasteiger partial charge in [0.1, 0.15) is 6.54 Å². The van der Waals surface area contributed by atoms with Crippen molar-refractivity contribution in [3.8, 4) is 6.07 Å². The van der Waals surface area contributed by atoms with Crippen molar-refractivity contribution in [3.63, 3.8) is 0 Å². The second kappa shape index (κ2) is 10.5. The molecule has 2 N–H and O–H groups in total. The van der Waals surface area contributed by atoms with Crippen LogP contribution >= 0.6 is 0 Å². The Hall–Kier alpha value is -4.24. The summed E-state index contributed by atoms with van der Waals surface area (Å²) in [6, 6.07) is 26.2. The Morgan fingerprint density at radius 3 is 1.87 bits per heavy atom. The second-order valence-electron chi connectivity index (χ2n) is 6.82. The molecule has 0 heterocycles. The fourth-order valence-electron chi connectivity index (χ4n) is 3.12. The number of amides is 2. The minimum atomic E-state index is -0.707. The molecule has 1 atom stereocenters. The van der Waals surface area contributed by atoms with E-state index >= 15 is 0 Å². The quantitative estimate of drug-likeness (QED) is 0.440. The number of carbonyl (C=O) groups is 3. The Bertz CT molecular complexity index is 1090. The molecular formula is C25H21N3O3. The van der Waals surface area contributed by atoms with Gasteiger partial charge in [0.05, 0.1) is 12.0 Å². The molecule has 3 aromatic rings. The molecule has 3 rings (SSSR count). The van der Waals surface area contributed by atoms with E-state index < -0.39 is 5.92 Å². The maximum Gasteiger partial charge on any atom is 0.251 e. The fraction of sp³-hybridized carbons (Fsp3) is 0.120. The minimum Gasteiger partial charge on any atom is -0.351 e. The first kappa shape index (κ1) is 21.5. The molecule has 2 amide bonds. The number of rotatable bonds is 8. The topological polar surface area (TPSA) is 99.1 Å². The molecule has 0 fully saturated rings. The van der Waals surface area contributed by atoms with Crippen LogP contribution in [0.15, 0.2) is 84.9 Å². The molecule has 0 aromatic heterocycles. The van der Waals surface area contributed by atoms with Gasteiger partial charge < -0.3 is 10.6 Å². The number of carbonyl (C=O) groups excluding carboxylic acids is 3. The predicted octanol–water partition coefficient (Wildman–Crippen LogP) is 3.07. The Morgan fingerprint density at radius 1 is 0.742 bits per heavy atom. The lowest BCUT2D eigenvalue weighted by atomic mass is 9.94. The SMILES string of the molecule is N#CCNC(=O)C(CNC(=O)c1ccccc1)c1ccc(C(=O)c2ccccc2)cc1. The highest BCUT2D eigenvalue weighted by Crippen LogP contribution is 2.18. The molecule has 1 unspecified atom stereocenters. The number of nitrogens with one attached hydrogen (secondary N) is 2. The summed E-state index contributed by atoms with van der Waals surface area (Å²) in [5.74, 6) is -1.50. The summed E-state index contributed by atoms with van der Waals surface area (Å²) >= 11 is 0. The molecule has 31 heavy (non-hydrogen) atoms. The lowest BCUT2D eigenvalue weighted by Gasteiger charge is -2.17. The molecule has 0 aliphatic rings. The largest absolute Gasteiger partial charge is 0.351 e. The highest BCUT2D eigenvalue weighted by Gasteiger charge is 2.22. The van der Waals surface area contributed by atoms with E-state index in [2.05, 4.69) is 10.6 Å². The zero-order valence-corrected chi connectivity index (χ0v) is 16.7. The smallest absolute Gasteiger partial charge is 0.251 e. The van der Waals surface area contributed by atoms with Crippen molar-refractivity contribution in [1.82, 2.24) is 10.6 Å². The van der Waals surface area contributed by atoms with Crippen LogP contribution in [0, 0.1) is 11.3 Å². The first-order valence-electron chi connectivity index (χ1n) is 9.77. The van der Waals surface area contributed by atoms with Crippen molar-refractivity contribution in [2.24, 2.45) is 0 Å². The molecule has 154 valence electrons. The summed E-state index contributed by atoms with van der Waals surface area (Å²) in [5, 5.41) is 14.1. The van der Waals surface area contributed by atoms with Gasteiger partial charge in [-0.25, -0.2) is 0 Å². The zero-order valence-electron chi connectivity index (χ0n) is 16.7. The van der Waals surface area contributed by atoms with Gasteiger partial charge in [0.15, 0.2) is 5.78 Å². The van der Waals surface area contributed by atoms with Crippen LogP contribution in [-0.4, -0.2) is 30.7 Å². The normalized spacial score (nSPS) is 11.1. The van der Waals surface area contributed by atoms with E-state index in [1.54, 1.807) is 72.8 Å². The molecule has 0 bridgehead atoms. The number of ketones is 1. The molecule has 0 aliphatic heterocycles. The van der Waals surface area contributed by atoms with Crippen molar-refractivity contribution in [2.75, 3.05) is 13.1 Å². The standard InChI is InChI=1S/C25H21N3O3/c26-15-16-27-25(31)22(17-28-24(30)21-9-5-2-6-10-21)18-11-13-20(14-12-18)23(29)19-7-3-1-4-8-19/h1-14,22H,16-17H2,(H,27,31)(H,28,30). The molecular weight excluding hydrogens is 390 g/mol. The Labute approximate surface area is 180 Å². The zero-order chi connectivity index (χ0) is 22.1. The van der Waals surface area contributed by atoms with E-state index in [0.717, 1.165) is 0 Å². The number of nitriles is 1. The number of hydrogen-bond donors (Lipinski definition) is 2. The van der Waals surface area contributed by atoms with Crippen molar-refractivity contribution in [2.45, 2.75) is 5.92 Å². The van der Waals surface area contributed by atoms with Crippen LogP contribution in [-0.2, 0) is 4.79 Å². The third-order valence-electron chi connectivity index (χ3n) is 4.77. The molecule has 0 aliphatic carbocycles. The average Bonchev–Trinajstić information content (AvgIpc) is 2.83. The third kappa shape index (κ3) is 5.64. The molecule has 6 heteroatoms. The van der Waals surface area contributed by atoms with Gasteiger partial charge in [-0.1, -0.05) is 72.8 Å². The van der Waals surface area contributed by atoms with E-state index in [4.69, 9.17) is 5.26 Å². The van der Waals surface area contributed by atoms with E-state index in [0.29, 0.717) is 22.3 Å². The van der Waals surface area contributed by atoms with Gasteiger partial charge in [-0.3, -0.25) is 14.4 Å². The maximum absolute atomic E-state index is 12.6. The summed E-state index contributed by atoms with van der Waals surface area (Å²) in [7, 11) is 0. The van der Waals surface area contributed by atoms with Gasteiger partial charge in [0.25, 0.3) is 5.91 Å². The lowest BCUT2D eigenvalue weighted by Crippen LogP contribution is -2.37. The first-order chi connectivity index (χ1) is 15.1. The highest BCUT2D eigenvalue weighted by atomic mass is 16.2. The summed E-state index contributed by atoms with van der Waals surface area (Å²) < 4.78 is 0. The summed E-state index contributed by atoms with van der Waals surface area (Å²) in [6.45, 7) is -0.0799. The Balaban J connectivity index is 1.77. The van der Waals surface area contributed by atoms with E-state index in [1.807, 2.05) is 18.2 Å². The summed E-state index contributed by atoms with van der Waals surface area (Å²) in [5.41, 5.74) is 2.20. The fourth-order valence-corrected chi connectivity index (χ4v) is 3.12. The van der Waals surface area contributed by atoms with Crippen LogP contribution in [0.2, 0.25) is 0 Å². The van der Waals surface area contributed by atoms with Crippen LogP contribution in [0.25, 0.3) is 0 Å². The maximum atomic E-state index is 12.6. The van der Waals surface area contributed by atoms with Gasteiger partial charge in [0, 0.05) is 23.2 Å². The van der Waals surface area contributed by atoms with Crippen LogP contribution in [0.1, 0.15) is 37.8 Å². The summed E-state index contributed by atoms with van der Waals surface area (Å²) in [6.07, 6.45) is 0. The van der Waals surface area contributed by atoms with Gasteiger partial charge in [-0.2, -0.15) is 5.26 Å². The van der Waals surface area contributed by atoms with Gasteiger partial charge in [-0.05, 0) is 17.7 Å². The second-order valence-corrected chi connectivity index (χ2v) is 6.82. The molecule has 3 aromatic carbocycles. The predicted molar refractivity (Wildman–Crippen MR) is 116 cm³/mol. The molecule has 0 saturated carbocycles. The Kier molecular flexibility index (Phi) is 7.28. The van der Waals surface area contributed by atoms with Gasteiger partial charge in [-0.15, -0.1) is 0 Å². The third-order valence-corrected chi connectivity index (χ3v) is 4.77.